The highest BCUT2D eigenvalue weighted by Crippen LogP contribution is 2.39. The van der Waals surface area contributed by atoms with Crippen molar-refractivity contribution in [1.29, 1.82) is 0 Å². The van der Waals surface area contributed by atoms with Crippen LogP contribution in [0.15, 0.2) is 0 Å². The predicted octanol–water partition coefficient (Wildman–Crippen LogP) is 3.05. The summed E-state index contributed by atoms with van der Waals surface area (Å²) in [4.78, 5) is 2.64. The highest BCUT2D eigenvalue weighted by atomic mass is 16.5. The predicted molar refractivity (Wildman–Crippen MR) is 85.1 cm³/mol. The van der Waals surface area contributed by atoms with Gasteiger partial charge in [-0.25, -0.2) is 0 Å². The molecular weight excluding hydrogens is 248 g/mol. The number of rotatable bonds is 9. The third-order valence-corrected chi connectivity index (χ3v) is 4.94. The molecule has 0 bridgehead atoms. The average molecular weight is 282 g/mol. The number of nitrogens with zero attached hydrogens (tertiary/aromatic N) is 1. The first-order chi connectivity index (χ1) is 9.78. The average Bonchev–Trinajstić information content (AvgIpc) is 2.43. The lowest BCUT2D eigenvalue weighted by Gasteiger charge is -2.51. The molecule has 0 saturated carbocycles. The second-order valence-electron chi connectivity index (χ2n) is 6.88. The van der Waals surface area contributed by atoms with Gasteiger partial charge in [0.2, 0.25) is 0 Å². The minimum Gasteiger partial charge on any atom is -0.378 e. The number of hydrogen-bond donors (Lipinski definition) is 1. The van der Waals surface area contributed by atoms with Gasteiger partial charge in [0.1, 0.15) is 0 Å². The molecule has 2 heterocycles. The van der Waals surface area contributed by atoms with Crippen LogP contribution in [0.3, 0.4) is 0 Å². The van der Waals surface area contributed by atoms with Gasteiger partial charge in [-0.2, -0.15) is 0 Å². The molecule has 3 nitrogen and oxygen atoms in total. The Kier molecular flexibility index (Phi) is 6.79. The fourth-order valence-corrected chi connectivity index (χ4v) is 4.06. The molecule has 0 aliphatic carbocycles. The van der Waals surface area contributed by atoms with Crippen molar-refractivity contribution in [3.05, 3.63) is 0 Å². The van der Waals surface area contributed by atoms with Crippen molar-refractivity contribution >= 4 is 0 Å². The Morgan fingerprint density at radius 2 is 1.75 bits per heavy atom. The van der Waals surface area contributed by atoms with Crippen LogP contribution in [0.5, 0.6) is 0 Å². The highest BCUT2D eigenvalue weighted by Gasteiger charge is 2.40. The lowest BCUT2D eigenvalue weighted by Crippen LogP contribution is -2.56. The summed E-state index contributed by atoms with van der Waals surface area (Å²) in [5, 5.41) is 3.39. The SMILES string of the molecule is CCCC1(CCC)CN(CCCOC2CCNCC2)C1. The Labute approximate surface area is 125 Å². The van der Waals surface area contributed by atoms with Crippen molar-refractivity contribution in [2.45, 2.75) is 64.9 Å². The normalized spacial score (nSPS) is 23.7. The standard InChI is InChI=1S/C17H34N2O/c1-3-8-17(9-4-2)14-19(15-17)12-5-13-20-16-6-10-18-11-7-16/h16,18H,3-15H2,1-2H3. The van der Waals surface area contributed by atoms with Crippen LogP contribution in [-0.2, 0) is 4.74 Å². The molecule has 20 heavy (non-hydrogen) atoms. The van der Waals surface area contributed by atoms with E-state index in [0.717, 1.165) is 19.7 Å². The third kappa shape index (κ3) is 4.71. The van der Waals surface area contributed by atoms with Crippen molar-refractivity contribution < 1.29 is 4.74 Å². The molecule has 0 unspecified atom stereocenters. The topological polar surface area (TPSA) is 24.5 Å². The van der Waals surface area contributed by atoms with E-state index in [0.29, 0.717) is 11.5 Å². The molecular formula is C17H34N2O. The van der Waals surface area contributed by atoms with Crippen LogP contribution >= 0.6 is 0 Å². The summed E-state index contributed by atoms with van der Waals surface area (Å²) in [6.45, 7) is 11.8. The van der Waals surface area contributed by atoms with Gasteiger partial charge in [-0.3, -0.25) is 0 Å². The van der Waals surface area contributed by atoms with E-state index in [9.17, 15) is 0 Å². The Balaban J connectivity index is 1.53. The van der Waals surface area contributed by atoms with Gasteiger partial charge in [0.25, 0.3) is 0 Å². The number of likely N-dealkylation sites (tertiary alicyclic amines) is 1. The molecule has 118 valence electrons. The zero-order chi connectivity index (χ0) is 14.3. The van der Waals surface area contributed by atoms with Gasteiger partial charge in [-0.15, -0.1) is 0 Å². The van der Waals surface area contributed by atoms with Gasteiger partial charge in [-0.05, 0) is 50.6 Å². The summed E-state index contributed by atoms with van der Waals surface area (Å²) in [5.41, 5.74) is 0.666. The van der Waals surface area contributed by atoms with Gasteiger partial charge in [0, 0.05) is 26.2 Å². The van der Waals surface area contributed by atoms with E-state index in [1.165, 1.54) is 64.6 Å². The molecule has 2 rings (SSSR count). The maximum absolute atomic E-state index is 5.98. The maximum Gasteiger partial charge on any atom is 0.0599 e. The summed E-state index contributed by atoms with van der Waals surface area (Å²) in [5.74, 6) is 0. The minimum absolute atomic E-state index is 0.520. The molecule has 2 fully saturated rings. The van der Waals surface area contributed by atoms with E-state index in [1.54, 1.807) is 0 Å². The zero-order valence-electron chi connectivity index (χ0n) is 13.6. The van der Waals surface area contributed by atoms with E-state index >= 15 is 0 Å². The Morgan fingerprint density at radius 1 is 1.10 bits per heavy atom. The van der Waals surface area contributed by atoms with Gasteiger partial charge in [-0.1, -0.05) is 26.7 Å². The van der Waals surface area contributed by atoms with Crippen molar-refractivity contribution in [3.8, 4) is 0 Å². The Hall–Kier alpha value is -0.120. The van der Waals surface area contributed by atoms with Crippen LogP contribution < -0.4 is 5.32 Å². The van der Waals surface area contributed by atoms with Gasteiger partial charge < -0.3 is 15.0 Å². The molecule has 0 atom stereocenters. The number of hydrogen-bond acceptors (Lipinski definition) is 3. The second-order valence-corrected chi connectivity index (χ2v) is 6.88. The quantitative estimate of drug-likeness (QED) is 0.658. The van der Waals surface area contributed by atoms with Gasteiger partial charge in [0.15, 0.2) is 0 Å². The van der Waals surface area contributed by atoms with Gasteiger partial charge >= 0.3 is 0 Å². The third-order valence-electron chi connectivity index (χ3n) is 4.94. The molecule has 0 aromatic rings. The van der Waals surface area contributed by atoms with Crippen molar-refractivity contribution in [2.75, 3.05) is 39.3 Å². The van der Waals surface area contributed by atoms with Crippen LogP contribution in [0, 0.1) is 5.41 Å². The van der Waals surface area contributed by atoms with Crippen LogP contribution in [0.2, 0.25) is 0 Å². The molecule has 0 aromatic heterocycles. The Morgan fingerprint density at radius 3 is 2.35 bits per heavy atom. The molecule has 0 amide bonds. The molecule has 3 heteroatoms. The second kappa shape index (κ2) is 8.35. The fraction of sp³-hybridized carbons (Fsp3) is 1.00. The molecule has 0 aromatic carbocycles. The van der Waals surface area contributed by atoms with Crippen molar-refractivity contribution in [2.24, 2.45) is 5.41 Å². The van der Waals surface area contributed by atoms with E-state index in [2.05, 4.69) is 24.1 Å². The summed E-state index contributed by atoms with van der Waals surface area (Å²) < 4.78 is 5.98. The first-order valence-corrected chi connectivity index (χ1v) is 8.83. The van der Waals surface area contributed by atoms with E-state index in [-0.39, 0.29) is 0 Å². The monoisotopic (exact) mass is 282 g/mol. The number of piperidine rings is 1. The van der Waals surface area contributed by atoms with Gasteiger partial charge in [0.05, 0.1) is 6.10 Å². The summed E-state index contributed by atoms with van der Waals surface area (Å²) >= 11 is 0. The van der Waals surface area contributed by atoms with Crippen LogP contribution in [-0.4, -0.2) is 50.3 Å². The summed E-state index contributed by atoms with van der Waals surface area (Å²) in [6.07, 6.45) is 9.63. The van der Waals surface area contributed by atoms with Crippen molar-refractivity contribution in [1.82, 2.24) is 10.2 Å². The van der Waals surface area contributed by atoms with Crippen LogP contribution in [0.25, 0.3) is 0 Å². The maximum atomic E-state index is 5.98. The smallest absolute Gasteiger partial charge is 0.0599 e. The number of nitrogens with one attached hydrogen (secondary N) is 1. The highest BCUT2D eigenvalue weighted by molar-refractivity contribution is 4.94. The first-order valence-electron chi connectivity index (χ1n) is 8.83. The van der Waals surface area contributed by atoms with E-state index < -0.39 is 0 Å². The van der Waals surface area contributed by atoms with Crippen LogP contribution in [0.1, 0.15) is 58.8 Å². The number of ether oxygens (including phenoxy) is 1. The molecule has 2 aliphatic rings. The van der Waals surface area contributed by atoms with Crippen LogP contribution in [0.4, 0.5) is 0 Å². The largest absolute Gasteiger partial charge is 0.378 e. The zero-order valence-corrected chi connectivity index (χ0v) is 13.6. The molecule has 0 radical (unpaired) electrons. The minimum atomic E-state index is 0.520. The summed E-state index contributed by atoms with van der Waals surface area (Å²) in [7, 11) is 0. The Bertz CT molecular complexity index is 250. The molecule has 1 N–H and O–H groups in total. The first kappa shape index (κ1) is 16.3. The van der Waals surface area contributed by atoms with E-state index in [1.807, 2.05) is 0 Å². The van der Waals surface area contributed by atoms with Crippen molar-refractivity contribution in [3.63, 3.8) is 0 Å². The lowest BCUT2D eigenvalue weighted by atomic mass is 9.72. The molecule has 0 spiro atoms. The fourth-order valence-electron chi connectivity index (χ4n) is 4.06. The lowest BCUT2D eigenvalue weighted by molar-refractivity contribution is -0.0262. The molecule has 2 saturated heterocycles. The summed E-state index contributed by atoms with van der Waals surface area (Å²) in [6, 6.07) is 0. The van der Waals surface area contributed by atoms with E-state index in [4.69, 9.17) is 4.74 Å². The molecule has 2 aliphatic heterocycles.